The molecule has 89 heavy (non-hydrogen) atoms. The third kappa shape index (κ3) is 14.4. The first-order chi connectivity index (χ1) is 43.9. The van der Waals surface area contributed by atoms with E-state index in [4.69, 9.17) is 17.5 Å². The van der Waals surface area contributed by atoms with E-state index in [1.807, 2.05) is 45.3 Å². The molecule has 0 bridgehead atoms. The average molecular weight is 1310 g/mol. The maximum Gasteiger partial charge on any atom is 0.114 e. The van der Waals surface area contributed by atoms with Gasteiger partial charge in [0, 0.05) is 88.5 Å². The Morgan fingerprint density at radius 2 is 0.843 bits per heavy atom. The van der Waals surface area contributed by atoms with Gasteiger partial charge < -0.3 is 4.57 Å². The Morgan fingerprint density at radius 1 is 0.371 bits per heavy atom. The Balaban J connectivity index is 0.824. The lowest BCUT2D eigenvalue weighted by atomic mass is 9.91. The molecule has 0 N–H and O–H groups in total. The van der Waals surface area contributed by atoms with Gasteiger partial charge in [0.15, 0.2) is 0 Å². The van der Waals surface area contributed by atoms with Crippen molar-refractivity contribution in [1.82, 2.24) is 22.1 Å². The highest BCUT2D eigenvalue weighted by molar-refractivity contribution is 7.25. The third-order valence-corrected chi connectivity index (χ3v) is 26.0. The predicted octanol–water partition coefficient (Wildman–Crippen LogP) is 27.3. The second-order valence-corrected chi connectivity index (χ2v) is 31.4. The van der Waals surface area contributed by atoms with Gasteiger partial charge in [-0.1, -0.05) is 225 Å². The molecular weight excluding hydrogens is 1220 g/mol. The van der Waals surface area contributed by atoms with Crippen molar-refractivity contribution in [3.8, 4) is 71.7 Å². The molecule has 0 radical (unpaired) electrons. The lowest BCUT2D eigenvalue weighted by Crippen LogP contribution is -2.09. The van der Waals surface area contributed by atoms with E-state index in [0.717, 1.165) is 63.1 Å². The molecule has 0 amide bonds. The molecule has 8 aromatic heterocycles. The third-order valence-electron chi connectivity index (χ3n) is 19.0. The maximum atomic E-state index is 5.02. The monoisotopic (exact) mass is 1310 g/mol. The van der Waals surface area contributed by atoms with Gasteiger partial charge in [-0.3, -0.25) is 0 Å². The van der Waals surface area contributed by atoms with Crippen molar-refractivity contribution in [3.05, 3.63) is 132 Å². The molecule has 5 nitrogen and oxygen atoms in total. The first kappa shape index (κ1) is 63.9. The van der Waals surface area contributed by atoms with Crippen LogP contribution in [-0.4, -0.2) is 22.1 Å². The molecule has 0 aliphatic carbocycles. The van der Waals surface area contributed by atoms with E-state index in [2.05, 4.69) is 167 Å². The molecular formula is C77H89N5S7. The number of aromatic nitrogens is 5. The van der Waals surface area contributed by atoms with Crippen LogP contribution in [0.15, 0.2) is 121 Å². The molecule has 2 atom stereocenters. The highest BCUT2D eigenvalue weighted by Crippen LogP contribution is 2.49. The minimum Gasteiger partial charge on any atom is -0.337 e. The molecule has 0 aliphatic rings. The van der Waals surface area contributed by atoms with Gasteiger partial charge in [0.2, 0.25) is 0 Å². The highest BCUT2D eigenvalue weighted by Gasteiger charge is 2.25. The van der Waals surface area contributed by atoms with E-state index < -0.39 is 0 Å². The minimum atomic E-state index is 0.495. The van der Waals surface area contributed by atoms with Crippen LogP contribution in [0.1, 0.15) is 200 Å². The lowest BCUT2D eigenvalue weighted by Gasteiger charge is -2.22. The summed E-state index contributed by atoms with van der Waals surface area (Å²) in [5, 5.41) is 5.07. The molecule has 12 heteroatoms. The van der Waals surface area contributed by atoms with Crippen molar-refractivity contribution in [3.63, 3.8) is 0 Å². The summed E-state index contributed by atoms with van der Waals surface area (Å²) in [5.41, 5.74) is 15.6. The Kier molecular flexibility index (Phi) is 22.2. The molecule has 2 unspecified atom stereocenters. The number of unbranched alkanes of at least 4 members (excludes halogenated alkanes) is 12. The van der Waals surface area contributed by atoms with E-state index in [-0.39, 0.29) is 0 Å². The van der Waals surface area contributed by atoms with Crippen molar-refractivity contribution < 1.29 is 0 Å². The molecule has 12 rings (SSSR count). The van der Waals surface area contributed by atoms with E-state index in [0.29, 0.717) is 12.0 Å². The first-order valence-electron chi connectivity index (χ1n) is 33.9. The summed E-state index contributed by atoms with van der Waals surface area (Å²) >= 11 is 12.1. The Morgan fingerprint density at radius 3 is 1.39 bits per heavy atom. The smallest absolute Gasteiger partial charge is 0.114 e. The molecule has 0 fully saturated rings. The SMILES string of the molecule is CCCCCCCCC(CCCCCCCC)n1c2ccccc2c2ccc(-c3sc(-c4ccc(-c5ccc(-c6ccc(-c7ccc(-c8ccc(-c9sccc9CC(CC)CCCC)s8)c8nsnc78)s6)c6nsnc56)s4)cc3CC(CC)CCCC)cc21. The summed E-state index contributed by atoms with van der Waals surface area (Å²) in [6.45, 7) is 14.1. The molecule has 464 valence electrons. The molecule has 8 heterocycles. The van der Waals surface area contributed by atoms with E-state index >= 15 is 0 Å². The average Bonchev–Trinajstić information content (AvgIpc) is 1.67. The zero-order valence-electron chi connectivity index (χ0n) is 53.3. The van der Waals surface area contributed by atoms with Crippen LogP contribution in [0.5, 0.6) is 0 Å². The second kappa shape index (κ2) is 31.0. The highest BCUT2D eigenvalue weighted by atomic mass is 32.1. The molecule has 12 aromatic rings. The fraction of sp³-hybridized carbons (Fsp3) is 0.429. The maximum absolute atomic E-state index is 5.02. The number of hydrogen-bond donors (Lipinski definition) is 0. The number of hydrogen-bond acceptors (Lipinski definition) is 11. The van der Waals surface area contributed by atoms with E-state index in [1.165, 1.54) is 247 Å². The van der Waals surface area contributed by atoms with Crippen LogP contribution >= 0.6 is 80.1 Å². The number of thiophene rings is 5. The summed E-state index contributed by atoms with van der Waals surface area (Å²) in [5.74, 6) is 1.40. The fourth-order valence-electron chi connectivity index (χ4n) is 13.8. The number of fused-ring (bicyclic) bond motifs is 5. The van der Waals surface area contributed by atoms with Gasteiger partial charge in [-0.05, 0) is 120 Å². The molecule has 0 spiro atoms. The fourth-order valence-corrected chi connectivity index (χ4v) is 20.4. The van der Waals surface area contributed by atoms with Gasteiger partial charge in [-0.2, -0.15) is 17.5 Å². The Labute approximate surface area is 558 Å². The molecule has 0 aliphatic heterocycles. The standard InChI is InChI=1S/C77H89N5S7/c1-7-13-17-19-21-23-29-56(30-24-22-20-18-14-8-2)82-63-32-26-25-31-57(63)58-34-33-53(49-64(58)82)76-55(48-52(12-6)28-16-10-4)50-71(87-76)69-43-41-67(85-69)61-37-35-59(72-74(61)80-88-78-72)65-39-40-66(84-65)60-36-38-62(75-73(60)79-89-81-75)68-42-44-70(86-68)77-54(45-46-83-77)47-51(11-5)27-15-9-3/h25-26,31-46,49-52,56H,7-24,27-30,47-48H2,1-6H3. The Hall–Kier alpha value is -5.18. The summed E-state index contributed by atoms with van der Waals surface area (Å²) in [7, 11) is 0. The van der Waals surface area contributed by atoms with Gasteiger partial charge in [0.05, 0.1) is 29.0 Å². The molecule has 4 aromatic carbocycles. The van der Waals surface area contributed by atoms with Gasteiger partial charge in [-0.25, -0.2) is 0 Å². The van der Waals surface area contributed by atoms with Gasteiger partial charge >= 0.3 is 0 Å². The van der Waals surface area contributed by atoms with Crippen molar-refractivity contribution >= 4 is 124 Å². The topological polar surface area (TPSA) is 56.5 Å². The number of nitrogens with zero attached hydrogens (tertiary/aromatic N) is 5. The zero-order chi connectivity index (χ0) is 61.1. The van der Waals surface area contributed by atoms with Crippen LogP contribution in [0.4, 0.5) is 0 Å². The molecule has 0 saturated heterocycles. The number of para-hydroxylation sites is 1. The van der Waals surface area contributed by atoms with Crippen LogP contribution in [0.2, 0.25) is 0 Å². The van der Waals surface area contributed by atoms with Crippen LogP contribution in [0.25, 0.3) is 116 Å². The van der Waals surface area contributed by atoms with Crippen molar-refractivity contribution in [2.24, 2.45) is 11.8 Å². The van der Waals surface area contributed by atoms with Crippen molar-refractivity contribution in [2.45, 2.75) is 202 Å². The van der Waals surface area contributed by atoms with Crippen molar-refractivity contribution in [2.75, 3.05) is 0 Å². The largest absolute Gasteiger partial charge is 0.337 e. The summed E-state index contributed by atoms with van der Waals surface area (Å²) in [6, 6.07) is 45.2. The normalized spacial score (nSPS) is 12.8. The van der Waals surface area contributed by atoms with Gasteiger partial charge in [0.25, 0.3) is 0 Å². The second-order valence-electron chi connectivity index (χ2n) is 25.1. The van der Waals surface area contributed by atoms with Crippen LogP contribution in [-0.2, 0) is 12.8 Å². The summed E-state index contributed by atoms with van der Waals surface area (Å²) in [4.78, 5) is 11.7. The first-order valence-corrected chi connectivity index (χ1v) is 39.5. The number of rotatable bonds is 34. The number of benzene rings is 4. The minimum absolute atomic E-state index is 0.495. The summed E-state index contributed by atoms with van der Waals surface area (Å²) < 4.78 is 22.7. The lowest BCUT2D eigenvalue weighted by molar-refractivity contribution is 0.410. The zero-order valence-corrected chi connectivity index (χ0v) is 59.1. The van der Waals surface area contributed by atoms with Crippen LogP contribution in [0.3, 0.4) is 0 Å². The summed E-state index contributed by atoms with van der Waals surface area (Å²) in [6.07, 6.45) is 30.9. The van der Waals surface area contributed by atoms with Crippen LogP contribution in [0, 0.1) is 11.8 Å². The Bertz CT molecular complexity index is 4190. The predicted molar refractivity (Wildman–Crippen MR) is 398 cm³/mol. The van der Waals surface area contributed by atoms with Crippen LogP contribution < -0.4 is 0 Å². The van der Waals surface area contributed by atoms with E-state index in [9.17, 15) is 0 Å². The van der Waals surface area contributed by atoms with Gasteiger partial charge in [-0.15, -0.1) is 56.7 Å². The van der Waals surface area contributed by atoms with E-state index in [1.54, 1.807) is 11.3 Å². The quantitative estimate of drug-likeness (QED) is 0.0377. The van der Waals surface area contributed by atoms with Gasteiger partial charge in [0.1, 0.15) is 22.1 Å². The van der Waals surface area contributed by atoms with Crippen molar-refractivity contribution in [1.29, 1.82) is 0 Å². The molecule has 0 saturated carbocycles.